The van der Waals surface area contributed by atoms with Gasteiger partial charge in [0, 0.05) is 13.7 Å². The first-order valence-corrected chi connectivity index (χ1v) is 3.48. The van der Waals surface area contributed by atoms with Crippen LogP contribution in [-0.2, 0) is 4.74 Å². The van der Waals surface area contributed by atoms with Gasteiger partial charge in [-0.05, 0) is 12.8 Å². The number of piperidine rings is 1. The average molecular weight is 144 g/mol. The molecule has 58 valence electrons. The molecule has 0 aromatic rings. The topological polar surface area (TPSA) is 41.9 Å². The second kappa shape index (κ2) is 3.51. The number of hydrogen-bond acceptors (Lipinski definition) is 3. The number of hydrogen-bond donors (Lipinski definition) is 0. The van der Waals surface area contributed by atoms with E-state index in [9.17, 15) is 4.91 Å². The molecule has 1 aliphatic rings. The predicted octanol–water partition coefficient (Wildman–Crippen LogP) is 0.779. The largest absolute Gasteiger partial charge is 0.380 e. The van der Waals surface area contributed by atoms with Crippen LogP contribution in [-0.4, -0.2) is 31.3 Å². The van der Waals surface area contributed by atoms with Crippen molar-refractivity contribution in [3.05, 3.63) is 4.91 Å². The van der Waals surface area contributed by atoms with Crippen molar-refractivity contribution >= 4 is 0 Å². The first kappa shape index (κ1) is 7.47. The Morgan fingerprint density at radius 2 is 2.50 bits per heavy atom. The summed E-state index contributed by atoms with van der Waals surface area (Å²) in [7, 11) is 1.67. The summed E-state index contributed by atoms with van der Waals surface area (Å²) >= 11 is 0. The van der Waals surface area contributed by atoms with Crippen molar-refractivity contribution in [2.24, 2.45) is 5.29 Å². The van der Waals surface area contributed by atoms with Gasteiger partial charge in [0.05, 0.1) is 17.9 Å². The van der Waals surface area contributed by atoms with Crippen LogP contribution >= 0.6 is 0 Å². The normalized spacial score (nSPS) is 26.5. The molecule has 1 aliphatic heterocycles. The van der Waals surface area contributed by atoms with Gasteiger partial charge in [-0.25, -0.2) is 0 Å². The summed E-state index contributed by atoms with van der Waals surface area (Å²) in [6.07, 6.45) is 2.25. The highest BCUT2D eigenvalue weighted by atomic mass is 16.5. The van der Waals surface area contributed by atoms with E-state index in [2.05, 4.69) is 5.29 Å². The van der Waals surface area contributed by atoms with E-state index in [0.717, 1.165) is 19.4 Å². The van der Waals surface area contributed by atoms with Gasteiger partial charge in [-0.1, -0.05) is 0 Å². The van der Waals surface area contributed by atoms with Crippen LogP contribution in [0.1, 0.15) is 12.8 Å². The van der Waals surface area contributed by atoms with E-state index < -0.39 is 0 Å². The minimum atomic E-state index is 0.200. The van der Waals surface area contributed by atoms with Crippen molar-refractivity contribution in [3.8, 4) is 0 Å². The summed E-state index contributed by atoms with van der Waals surface area (Å²) in [5.41, 5.74) is 0. The van der Waals surface area contributed by atoms with Gasteiger partial charge in [0.15, 0.2) is 0 Å². The molecule has 0 unspecified atom stereocenters. The van der Waals surface area contributed by atoms with Crippen molar-refractivity contribution in [2.75, 3.05) is 20.2 Å². The third kappa shape index (κ3) is 1.67. The maximum atomic E-state index is 10.0. The Morgan fingerprint density at radius 1 is 1.70 bits per heavy atom. The molecule has 4 nitrogen and oxygen atoms in total. The molecule has 0 spiro atoms. The molecule has 0 N–H and O–H groups in total. The fourth-order valence-electron chi connectivity index (χ4n) is 1.19. The molecular formula is C6H12N2O2. The highest BCUT2D eigenvalue weighted by Crippen LogP contribution is 2.11. The van der Waals surface area contributed by atoms with Crippen LogP contribution in [0.2, 0.25) is 0 Å². The first-order chi connectivity index (χ1) is 4.86. The summed E-state index contributed by atoms with van der Waals surface area (Å²) in [6.45, 7) is 1.43. The van der Waals surface area contributed by atoms with Gasteiger partial charge in [0.2, 0.25) is 0 Å². The Kier molecular flexibility index (Phi) is 2.62. The van der Waals surface area contributed by atoms with E-state index in [4.69, 9.17) is 4.74 Å². The summed E-state index contributed by atoms with van der Waals surface area (Å²) in [4.78, 5) is 10.0. The van der Waals surface area contributed by atoms with Crippen molar-refractivity contribution in [1.29, 1.82) is 0 Å². The Labute approximate surface area is 60.1 Å². The van der Waals surface area contributed by atoms with Gasteiger partial charge < -0.3 is 4.74 Å². The Morgan fingerprint density at radius 3 is 3.10 bits per heavy atom. The molecule has 0 amide bonds. The minimum Gasteiger partial charge on any atom is -0.380 e. The standard InChI is InChI=1S/C6H12N2O2/c1-10-6-3-2-4-8(5-6)7-9/h6H,2-5H2,1H3/t6-/m1/s1. The lowest BCUT2D eigenvalue weighted by molar-refractivity contribution is 0.0317. The number of ether oxygens (including phenoxy) is 1. The molecule has 4 heteroatoms. The SMILES string of the molecule is CO[C@@H]1CCCN(N=O)C1. The quantitative estimate of drug-likeness (QED) is 0.538. The van der Waals surface area contributed by atoms with E-state index in [1.807, 2.05) is 0 Å². The summed E-state index contributed by atoms with van der Waals surface area (Å²) in [5, 5.41) is 4.36. The fraction of sp³-hybridized carbons (Fsp3) is 1.00. The van der Waals surface area contributed by atoms with Gasteiger partial charge in [0.25, 0.3) is 0 Å². The Hall–Kier alpha value is -0.640. The third-order valence-electron chi connectivity index (χ3n) is 1.81. The van der Waals surface area contributed by atoms with E-state index in [0.29, 0.717) is 6.54 Å². The maximum Gasteiger partial charge on any atom is 0.0764 e. The molecule has 1 fully saturated rings. The van der Waals surface area contributed by atoms with Gasteiger partial charge in [-0.2, -0.15) is 0 Å². The fourth-order valence-corrected chi connectivity index (χ4v) is 1.19. The predicted molar refractivity (Wildman–Crippen MR) is 37.4 cm³/mol. The molecule has 1 rings (SSSR count). The van der Waals surface area contributed by atoms with E-state index >= 15 is 0 Å². The maximum absolute atomic E-state index is 10.0. The van der Waals surface area contributed by atoms with E-state index in [1.54, 1.807) is 7.11 Å². The Balaban J connectivity index is 2.31. The zero-order valence-electron chi connectivity index (χ0n) is 6.12. The molecule has 1 atom stereocenters. The average Bonchev–Trinajstić information content (AvgIpc) is 2.05. The third-order valence-corrected chi connectivity index (χ3v) is 1.81. The molecule has 0 aliphatic carbocycles. The van der Waals surface area contributed by atoms with Crippen molar-refractivity contribution in [3.63, 3.8) is 0 Å². The molecular weight excluding hydrogens is 132 g/mol. The molecule has 0 saturated carbocycles. The zero-order chi connectivity index (χ0) is 7.40. The highest BCUT2D eigenvalue weighted by Gasteiger charge is 2.18. The Bertz CT molecular complexity index is 118. The van der Waals surface area contributed by atoms with E-state index in [-0.39, 0.29) is 6.10 Å². The van der Waals surface area contributed by atoms with Crippen LogP contribution in [0.15, 0.2) is 5.29 Å². The summed E-state index contributed by atoms with van der Waals surface area (Å²) in [5.74, 6) is 0. The molecule has 10 heavy (non-hydrogen) atoms. The molecule has 0 aromatic carbocycles. The summed E-state index contributed by atoms with van der Waals surface area (Å²) < 4.78 is 5.08. The van der Waals surface area contributed by atoms with E-state index in [1.165, 1.54) is 5.01 Å². The number of rotatable bonds is 2. The molecule has 0 radical (unpaired) electrons. The molecule has 0 bridgehead atoms. The van der Waals surface area contributed by atoms with Crippen LogP contribution in [0, 0.1) is 4.91 Å². The minimum absolute atomic E-state index is 0.200. The van der Waals surface area contributed by atoms with Gasteiger partial charge in [0.1, 0.15) is 0 Å². The van der Waals surface area contributed by atoms with Crippen molar-refractivity contribution < 1.29 is 4.74 Å². The van der Waals surface area contributed by atoms with Crippen LogP contribution in [0.4, 0.5) is 0 Å². The second-order valence-corrected chi connectivity index (χ2v) is 2.49. The number of methoxy groups -OCH3 is 1. The number of nitroso groups, excluding NO2 is 1. The molecule has 0 aromatic heterocycles. The molecule has 1 heterocycles. The monoisotopic (exact) mass is 144 g/mol. The smallest absolute Gasteiger partial charge is 0.0764 e. The van der Waals surface area contributed by atoms with Crippen LogP contribution in [0.3, 0.4) is 0 Å². The zero-order valence-corrected chi connectivity index (χ0v) is 6.12. The lowest BCUT2D eigenvalue weighted by atomic mass is 10.1. The lowest BCUT2D eigenvalue weighted by Crippen LogP contribution is -2.35. The van der Waals surface area contributed by atoms with Crippen LogP contribution < -0.4 is 0 Å². The van der Waals surface area contributed by atoms with Gasteiger partial charge >= 0.3 is 0 Å². The van der Waals surface area contributed by atoms with Crippen LogP contribution in [0.5, 0.6) is 0 Å². The first-order valence-electron chi connectivity index (χ1n) is 3.48. The lowest BCUT2D eigenvalue weighted by Gasteiger charge is -2.26. The highest BCUT2D eigenvalue weighted by molar-refractivity contribution is 4.69. The van der Waals surface area contributed by atoms with Gasteiger partial charge in [-0.15, -0.1) is 4.91 Å². The van der Waals surface area contributed by atoms with Gasteiger partial charge in [-0.3, -0.25) is 5.01 Å². The number of nitrogens with zero attached hydrogens (tertiary/aromatic N) is 2. The van der Waals surface area contributed by atoms with Crippen molar-refractivity contribution in [1.82, 2.24) is 5.01 Å². The molecule has 1 saturated heterocycles. The van der Waals surface area contributed by atoms with Crippen LogP contribution in [0.25, 0.3) is 0 Å². The van der Waals surface area contributed by atoms with Crippen molar-refractivity contribution in [2.45, 2.75) is 18.9 Å². The summed E-state index contributed by atoms with van der Waals surface area (Å²) in [6, 6.07) is 0. The second-order valence-electron chi connectivity index (χ2n) is 2.49.